The third-order valence-electron chi connectivity index (χ3n) is 18.3. The van der Waals surface area contributed by atoms with Crippen molar-refractivity contribution >= 4 is 99.3 Å². The maximum atomic E-state index is 17.5. The van der Waals surface area contributed by atoms with E-state index in [0.29, 0.717) is 36.7 Å². The molecule has 11 heteroatoms. The number of benzene rings is 2. The van der Waals surface area contributed by atoms with Crippen LogP contribution in [0.15, 0.2) is 0 Å². The van der Waals surface area contributed by atoms with Crippen molar-refractivity contribution in [2.75, 3.05) is 0 Å². The highest BCUT2D eigenvalue weighted by Gasteiger charge is 2.45. The minimum atomic E-state index is -2.15. The minimum absolute atomic E-state index is 0.0642. The van der Waals surface area contributed by atoms with Crippen LogP contribution in [0.3, 0.4) is 0 Å². The number of fused-ring (bicyclic) bond motifs is 5. The van der Waals surface area contributed by atoms with E-state index in [1.165, 1.54) is 77.6 Å². The summed E-state index contributed by atoms with van der Waals surface area (Å²) in [5.74, 6) is -9.65. The van der Waals surface area contributed by atoms with Crippen molar-refractivity contribution in [3.05, 3.63) is 95.8 Å². The Morgan fingerprint density at radius 1 is 0.222 bits per heavy atom. The molecule has 14 rings (SSSR count). The smallest absolute Gasteiger partial charge is 0.264 e. The van der Waals surface area contributed by atoms with Gasteiger partial charge in [-0.1, -0.05) is 83.1 Å². The maximum Gasteiger partial charge on any atom is 0.264 e. The molecule has 368 valence electrons. The van der Waals surface area contributed by atoms with Gasteiger partial charge in [-0.2, -0.15) is 0 Å². The molecule has 0 radical (unpaired) electrons. The Bertz CT molecular complexity index is 4310. The van der Waals surface area contributed by atoms with E-state index in [4.69, 9.17) is 0 Å². The van der Waals surface area contributed by atoms with Crippen molar-refractivity contribution in [3.8, 4) is 11.1 Å². The summed E-state index contributed by atoms with van der Waals surface area (Å²) in [7, 11) is 0. The number of aromatic nitrogens is 6. The molecule has 0 saturated carbocycles. The molecule has 0 unspecified atom stereocenters. The fourth-order valence-electron chi connectivity index (χ4n) is 16.0. The Balaban J connectivity index is 1.54. The van der Waals surface area contributed by atoms with Gasteiger partial charge in [-0.25, -0.2) is 22.0 Å². The Hall–Kier alpha value is -6.36. The summed E-state index contributed by atoms with van der Waals surface area (Å²) in [6.45, 7) is 26.6. The van der Waals surface area contributed by atoms with Crippen molar-refractivity contribution < 1.29 is 26.4 Å². The zero-order chi connectivity index (χ0) is 50.3. The van der Waals surface area contributed by atoms with Gasteiger partial charge < -0.3 is 13.2 Å². The lowest BCUT2D eigenvalue weighted by molar-refractivity contribution is -0.446. The van der Waals surface area contributed by atoms with Crippen LogP contribution in [-0.2, 0) is 77.0 Å². The van der Waals surface area contributed by atoms with Crippen LogP contribution in [0.2, 0.25) is 0 Å². The highest BCUT2D eigenvalue weighted by Crippen LogP contribution is 2.55. The highest BCUT2D eigenvalue weighted by atomic mass is 19.2. The van der Waals surface area contributed by atoms with Gasteiger partial charge in [-0.05, 0) is 133 Å². The van der Waals surface area contributed by atoms with Crippen LogP contribution in [0, 0.1) is 29.1 Å². The van der Waals surface area contributed by atoms with Crippen LogP contribution in [0.5, 0.6) is 0 Å². The zero-order valence-electron chi connectivity index (χ0n) is 43.6. The van der Waals surface area contributed by atoms with Crippen LogP contribution in [-0.4, -0.2) is 22.0 Å². The van der Waals surface area contributed by atoms with E-state index in [1.807, 2.05) is 0 Å². The standard InChI is InChI=1S/C61H60F5N6/c1-13-25-27(15-3)46-48-29(17-5)31(19-7)50-52-33(21-9)35(23-11)54-55-36(24-12)34(22-10)53-51-32(20-8)30(18-6)49-47-28(16-4)26(14-2)45-38(37-39(62)41(64)43(66)42(65)40(37)63)44(25)67(46)56-57(68(45)47)59(70(49)51)61(72(53)55)60(71(52)54)58(56)69(48)50/h13-24H2,1-12H3/q+1. The molecule has 0 fully saturated rings. The molecular weight excluding hydrogens is 912 g/mol. The van der Waals surface area contributed by atoms with E-state index in [-0.39, 0.29) is 5.56 Å². The molecule has 14 aromatic rings. The molecule has 0 spiro atoms. The SMILES string of the molecule is CCc1c(CC)c2c3c(CC)c(CC)c4c5c(CC)c(CC)c6c7c(CC)c(CC)c8c9c(CC)c(CC)c%10c%11c(CC)c(CC)c%12c(-c%13c(F)c(F)c(F)c(F)c%13F)c1n2c1c(c(c(c(c1[n+]%12%11)n9%10)n78)n56)n34. The van der Waals surface area contributed by atoms with Gasteiger partial charge in [0.05, 0.1) is 66.3 Å². The highest BCUT2D eigenvalue weighted by molar-refractivity contribution is 6.29. The third kappa shape index (κ3) is 4.28. The normalized spacial score (nSPS) is 13.5. The number of hydrogen-bond acceptors (Lipinski definition) is 0. The predicted molar refractivity (Wildman–Crippen MR) is 284 cm³/mol. The van der Waals surface area contributed by atoms with Gasteiger partial charge in [0.25, 0.3) is 5.52 Å². The summed E-state index contributed by atoms with van der Waals surface area (Å²) in [6, 6.07) is 0. The van der Waals surface area contributed by atoms with Crippen LogP contribution in [0.25, 0.3) is 110 Å². The predicted octanol–water partition coefficient (Wildman–Crippen LogP) is 15.3. The second-order valence-corrected chi connectivity index (χ2v) is 20.6. The van der Waals surface area contributed by atoms with E-state index in [9.17, 15) is 0 Å². The van der Waals surface area contributed by atoms with Gasteiger partial charge in [-0.3, -0.25) is 8.80 Å². The summed E-state index contributed by atoms with van der Waals surface area (Å²) in [4.78, 5) is 0. The fraction of sp³-hybridized carbons (Fsp3) is 0.393. The number of hydrogen-bond donors (Lipinski definition) is 0. The van der Waals surface area contributed by atoms with E-state index < -0.39 is 34.6 Å². The summed E-state index contributed by atoms with van der Waals surface area (Å²) >= 11 is 0. The lowest BCUT2D eigenvalue weighted by Crippen LogP contribution is -2.26. The number of nitrogens with zero attached hydrogens (tertiary/aromatic N) is 6. The second kappa shape index (κ2) is 14.4. The first-order chi connectivity index (χ1) is 34.9. The van der Waals surface area contributed by atoms with Gasteiger partial charge in [0.1, 0.15) is 27.6 Å². The van der Waals surface area contributed by atoms with Gasteiger partial charge in [0, 0.05) is 11.1 Å². The van der Waals surface area contributed by atoms with Crippen molar-refractivity contribution in [2.45, 2.75) is 160 Å². The summed E-state index contributed by atoms with van der Waals surface area (Å²) < 4.78 is 98.1. The Morgan fingerprint density at radius 3 is 0.778 bits per heavy atom. The van der Waals surface area contributed by atoms with Gasteiger partial charge in [0.2, 0.25) is 16.9 Å². The Kier molecular flexibility index (Phi) is 8.90. The fourth-order valence-corrected chi connectivity index (χ4v) is 16.0. The van der Waals surface area contributed by atoms with Crippen molar-refractivity contribution in [1.82, 2.24) is 22.0 Å². The first kappa shape index (κ1) is 44.3. The topological polar surface area (TPSA) is 26.1 Å². The first-order valence-electron chi connectivity index (χ1n) is 27.2. The Morgan fingerprint density at radius 2 is 0.458 bits per heavy atom. The quantitative estimate of drug-likeness (QED) is 0.0275. The van der Waals surface area contributed by atoms with E-state index >= 15 is 22.0 Å². The van der Waals surface area contributed by atoms with E-state index in [1.54, 1.807) is 0 Å². The van der Waals surface area contributed by atoms with Gasteiger partial charge in [0.15, 0.2) is 23.3 Å². The Labute approximate surface area is 413 Å². The summed E-state index contributed by atoms with van der Waals surface area (Å²) in [5, 5.41) is 0. The van der Waals surface area contributed by atoms with Crippen molar-refractivity contribution in [1.29, 1.82) is 0 Å². The first-order valence-corrected chi connectivity index (χ1v) is 27.2. The van der Waals surface area contributed by atoms with E-state index in [2.05, 4.69) is 109 Å². The van der Waals surface area contributed by atoms with Crippen LogP contribution >= 0.6 is 0 Å². The second-order valence-electron chi connectivity index (χ2n) is 20.6. The zero-order valence-corrected chi connectivity index (χ0v) is 43.6. The maximum absolute atomic E-state index is 17.5. The van der Waals surface area contributed by atoms with Crippen LogP contribution in [0.1, 0.15) is 150 Å². The number of halogens is 5. The molecule has 72 heavy (non-hydrogen) atoms. The molecule has 6 nitrogen and oxygen atoms in total. The van der Waals surface area contributed by atoms with Crippen molar-refractivity contribution in [3.63, 3.8) is 0 Å². The van der Waals surface area contributed by atoms with Crippen molar-refractivity contribution in [2.24, 2.45) is 0 Å². The summed E-state index contributed by atoms with van der Waals surface area (Å²) in [5.41, 5.74) is 32.0. The van der Waals surface area contributed by atoms with Gasteiger partial charge >= 0.3 is 0 Å². The van der Waals surface area contributed by atoms with Crippen LogP contribution in [0.4, 0.5) is 22.0 Å². The largest absolute Gasteiger partial charge is 0.302 e. The average Bonchev–Trinajstić information content (AvgIpc) is 4.22. The van der Waals surface area contributed by atoms with Crippen LogP contribution < -0.4 is 4.40 Å². The molecule has 12 heterocycles. The molecule has 0 bridgehead atoms. The average molecular weight is 972 g/mol. The molecule has 0 aliphatic heterocycles. The summed E-state index contributed by atoms with van der Waals surface area (Å²) in [6.07, 6.45) is 8.55. The molecule has 2 aromatic carbocycles. The lowest BCUT2D eigenvalue weighted by Gasteiger charge is -2.23. The number of rotatable bonds is 13. The monoisotopic (exact) mass is 971 g/mol. The van der Waals surface area contributed by atoms with E-state index in [0.717, 1.165) is 129 Å². The molecule has 0 N–H and O–H groups in total. The minimum Gasteiger partial charge on any atom is -0.302 e. The molecular formula is C61H60F5N6+. The molecule has 0 aliphatic rings. The third-order valence-corrected chi connectivity index (χ3v) is 18.3. The number of aryl methyl sites for hydroxylation is 12. The molecule has 0 atom stereocenters. The lowest BCUT2D eigenvalue weighted by atomic mass is 9.95. The molecule has 0 saturated heterocycles. The molecule has 12 aromatic heterocycles. The molecule has 0 aliphatic carbocycles. The van der Waals surface area contributed by atoms with Gasteiger partial charge in [-0.15, -0.1) is 4.40 Å². The molecule has 0 amide bonds.